The van der Waals surface area contributed by atoms with Crippen LogP contribution in [0.5, 0.6) is 0 Å². The maximum atomic E-state index is 11.3. The van der Waals surface area contributed by atoms with Crippen LogP contribution in [0.4, 0.5) is 0 Å². The number of rotatable bonds is 22. The highest BCUT2D eigenvalue weighted by atomic mass is 16.5. The molecule has 0 saturated carbocycles. The smallest absolute Gasteiger partial charge is 0.332 e. The largest absolute Gasteiger partial charge is 0.480 e. The molecule has 0 atom stereocenters. The third-order valence-corrected chi connectivity index (χ3v) is 4.35. The van der Waals surface area contributed by atoms with Crippen LogP contribution >= 0.6 is 0 Å². The fourth-order valence-corrected chi connectivity index (χ4v) is 2.90. The summed E-state index contributed by atoms with van der Waals surface area (Å²) in [6, 6.07) is -3.43. The number of aliphatic hydroxyl groups excluding tert-OH is 1. The summed E-state index contributed by atoms with van der Waals surface area (Å²) in [5.41, 5.74) is 0. The zero-order valence-corrected chi connectivity index (χ0v) is 18.6. The molecule has 14 nitrogen and oxygen atoms in total. The van der Waals surface area contributed by atoms with Crippen molar-refractivity contribution in [2.75, 3.05) is 72.4 Å². The Morgan fingerprint density at radius 2 is 0.939 bits per heavy atom. The van der Waals surface area contributed by atoms with Gasteiger partial charge in [0.2, 0.25) is 12.1 Å². The topological polar surface area (TPSA) is 204 Å². The monoisotopic (exact) mass is 482 g/mol. The second kappa shape index (κ2) is 18.1. The van der Waals surface area contributed by atoms with Crippen molar-refractivity contribution in [3.63, 3.8) is 0 Å². The summed E-state index contributed by atoms with van der Waals surface area (Å²) < 4.78 is 15.8. The normalized spacial score (nSPS) is 11.6. The summed E-state index contributed by atoms with van der Waals surface area (Å²) >= 11 is 0. The molecular weight excluding hydrogens is 448 g/mol. The lowest BCUT2D eigenvalue weighted by Gasteiger charge is -2.26. The highest BCUT2D eigenvalue weighted by molar-refractivity contribution is 5.97. The van der Waals surface area contributed by atoms with E-state index in [4.69, 9.17) is 39.7 Å². The molecule has 192 valence electrons. The minimum absolute atomic E-state index is 0.00467. The number of aliphatic hydroxyl groups is 1. The van der Waals surface area contributed by atoms with E-state index in [0.717, 1.165) is 0 Å². The quantitative estimate of drug-likeness (QED) is 0.0846. The molecule has 0 fully saturated rings. The van der Waals surface area contributed by atoms with Crippen molar-refractivity contribution in [2.45, 2.75) is 25.4 Å². The van der Waals surface area contributed by atoms with E-state index in [9.17, 15) is 19.2 Å². The summed E-state index contributed by atoms with van der Waals surface area (Å²) in [4.78, 5) is 47.3. The van der Waals surface area contributed by atoms with E-state index in [1.54, 1.807) is 6.92 Å². The minimum Gasteiger partial charge on any atom is -0.480 e. The maximum Gasteiger partial charge on any atom is 0.332 e. The molecule has 0 unspecified atom stereocenters. The van der Waals surface area contributed by atoms with E-state index in [-0.39, 0.29) is 72.4 Å². The van der Waals surface area contributed by atoms with Crippen LogP contribution in [0.25, 0.3) is 0 Å². The number of ether oxygens (including phenoxy) is 3. The summed E-state index contributed by atoms with van der Waals surface area (Å²) in [5, 5.41) is 45.2. The number of hydrogen-bond donors (Lipinski definition) is 5. The third-order valence-electron chi connectivity index (χ3n) is 4.35. The Bertz CT molecular complexity index is 575. The van der Waals surface area contributed by atoms with Crippen LogP contribution in [-0.4, -0.2) is 144 Å². The average Bonchev–Trinajstić information content (AvgIpc) is 2.71. The van der Waals surface area contributed by atoms with E-state index in [1.807, 2.05) is 0 Å². The third kappa shape index (κ3) is 13.1. The van der Waals surface area contributed by atoms with Crippen LogP contribution in [0.1, 0.15) is 13.3 Å². The minimum atomic E-state index is -1.77. The lowest BCUT2D eigenvalue weighted by atomic mass is 10.2. The van der Waals surface area contributed by atoms with Gasteiger partial charge in [0.15, 0.2) is 0 Å². The van der Waals surface area contributed by atoms with Crippen molar-refractivity contribution >= 4 is 23.9 Å². The molecular formula is C19H34N2O12. The van der Waals surface area contributed by atoms with Crippen LogP contribution < -0.4 is 0 Å². The van der Waals surface area contributed by atoms with Gasteiger partial charge in [0, 0.05) is 19.6 Å². The van der Waals surface area contributed by atoms with E-state index >= 15 is 0 Å². The van der Waals surface area contributed by atoms with Crippen molar-refractivity contribution < 1.29 is 58.9 Å². The Hall–Kier alpha value is -2.36. The van der Waals surface area contributed by atoms with Crippen molar-refractivity contribution in [3.8, 4) is 0 Å². The molecule has 0 amide bonds. The zero-order valence-electron chi connectivity index (χ0n) is 18.6. The summed E-state index contributed by atoms with van der Waals surface area (Å²) in [7, 11) is 0. The predicted octanol–water partition coefficient (Wildman–Crippen LogP) is -1.88. The molecule has 0 bridgehead atoms. The van der Waals surface area contributed by atoms with Gasteiger partial charge in [-0.15, -0.1) is 0 Å². The number of carboxylic acid groups (broad SMARTS) is 4. The second-order valence-electron chi connectivity index (χ2n) is 6.79. The van der Waals surface area contributed by atoms with Gasteiger partial charge in [0.05, 0.1) is 46.2 Å². The van der Waals surface area contributed by atoms with Crippen LogP contribution in [-0.2, 0) is 33.4 Å². The van der Waals surface area contributed by atoms with Crippen LogP contribution in [0, 0.1) is 0 Å². The van der Waals surface area contributed by atoms with E-state index in [2.05, 4.69) is 0 Å². The van der Waals surface area contributed by atoms with E-state index < -0.39 is 36.0 Å². The highest BCUT2D eigenvalue weighted by Gasteiger charge is 2.33. The second-order valence-corrected chi connectivity index (χ2v) is 6.79. The number of aliphatic carboxylic acids is 4. The van der Waals surface area contributed by atoms with Gasteiger partial charge in [0.25, 0.3) is 0 Å². The van der Waals surface area contributed by atoms with Gasteiger partial charge in [0.1, 0.15) is 0 Å². The highest BCUT2D eigenvalue weighted by Crippen LogP contribution is 2.04. The predicted molar refractivity (Wildman–Crippen MR) is 111 cm³/mol. The molecule has 0 radical (unpaired) electrons. The Labute approximate surface area is 191 Å². The van der Waals surface area contributed by atoms with Gasteiger partial charge in [-0.2, -0.15) is 0 Å². The van der Waals surface area contributed by atoms with Crippen molar-refractivity contribution in [1.29, 1.82) is 0 Å². The molecule has 0 aromatic carbocycles. The van der Waals surface area contributed by atoms with Gasteiger partial charge >= 0.3 is 23.9 Å². The van der Waals surface area contributed by atoms with Crippen LogP contribution in [0.3, 0.4) is 0 Å². The molecule has 14 heteroatoms. The van der Waals surface area contributed by atoms with Crippen molar-refractivity contribution in [2.24, 2.45) is 0 Å². The molecule has 0 aliphatic heterocycles. The summed E-state index contributed by atoms with van der Waals surface area (Å²) in [5.74, 6) is -5.95. The first-order valence-corrected chi connectivity index (χ1v) is 10.4. The van der Waals surface area contributed by atoms with Gasteiger partial charge in [-0.3, -0.25) is 9.80 Å². The molecule has 33 heavy (non-hydrogen) atoms. The van der Waals surface area contributed by atoms with Crippen LogP contribution in [0.2, 0.25) is 0 Å². The van der Waals surface area contributed by atoms with Gasteiger partial charge in [-0.05, 0) is 13.0 Å². The first-order chi connectivity index (χ1) is 15.7. The maximum absolute atomic E-state index is 11.3. The Balaban J connectivity index is 4.40. The van der Waals surface area contributed by atoms with Gasteiger partial charge in [-0.25, -0.2) is 19.2 Å². The number of carboxylic acids is 4. The molecule has 5 N–H and O–H groups in total. The van der Waals surface area contributed by atoms with Crippen molar-refractivity contribution in [3.05, 3.63) is 0 Å². The Morgan fingerprint density at radius 3 is 1.24 bits per heavy atom. The molecule has 0 heterocycles. The SMILES string of the molecule is CCCN(CCOCCOCCN(CCOCCO)C(C(=O)O)C(=O)O)C(C(=O)O)C(=O)O. The average molecular weight is 482 g/mol. The standard InChI is InChI=1S/C19H34N2O12/c1-2-3-20(14(16(23)24)17(25)26)4-9-32-12-13-33-10-6-21(5-8-31-11-7-22)15(18(27)28)19(29)30/h14-15,22H,2-13H2,1H3,(H,23,24)(H,25,26)(H,27,28)(H,29,30). The lowest BCUT2D eigenvalue weighted by molar-refractivity contribution is -0.159. The van der Waals surface area contributed by atoms with E-state index in [0.29, 0.717) is 6.42 Å². The van der Waals surface area contributed by atoms with Crippen LogP contribution in [0.15, 0.2) is 0 Å². The molecule has 0 spiro atoms. The first-order valence-electron chi connectivity index (χ1n) is 10.4. The summed E-state index contributed by atoms with van der Waals surface area (Å²) in [6.07, 6.45) is 0.565. The molecule has 0 aliphatic carbocycles. The Morgan fingerprint density at radius 1 is 0.606 bits per heavy atom. The fourth-order valence-electron chi connectivity index (χ4n) is 2.90. The number of nitrogens with zero attached hydrogens (tertiary/aromatic N) is 2. The molecule has 0 rings (SSSR count). The molecule has 0 aromatic rings. The number of carbonyl (C=O) groups is 4. The van der Waals surface area contributed by atoms with Gasteiger partial charge < -0.3 is 39.7 Å². The lowest BCUT2D eigenvalue weighted by Crippen LogP contribution is -2.49. The van der Waals surface area contributed by atoms with Crippen molar-refractivity contribution in [1.82, 2.24) is 9.80 Å². The van der Waals surface area contributed by atoms with E-state index in [1.165, 1.54) is 9.80 Å². The summed E-state index contributed by atoms with van der Waals surface area (Å²) in [6.45, 7) is 2.34. The molecule has 0 aromatic heterocycles. The molecule has 0 aliphatic rings. The number of hydrogen-bond acceptors (Lipinski definition) is 10. The fraction of sp³-hybridized carbons (Fsp3) is 0.789. The Kier molecular flexibility index (Phi) is 16.8. The molecule has 0 saturated heterocycles. The first kappa shape index (κ1) is 30.6. The zero-order chi connectivity index (χ0) is 25.2. The van der Waals surface area contributed by atoms with Gasteiger partial charge in [-0.1, -0.05) is 6.92 Å².